The lowest BCUT2D eigenvalue weighted by Gasteiger charge is -2.18. The summed E-state index contributed by atoms with van der Waals surface area (Å²) in [5.74, 6) is 1.79. The predicted octanol–water partition coefficient (Wildman–Crippen LogP) is 2.85. The van der Waals surface area contributed by atoms with E-state index in [4.69, 9.17) is 16.1 Å². The van der Waals surface area contributed by atoms with Crippen LogP contribution in [-0.2, 0) is 6.54 Å². The summed E-state index contributed by atoms with van der Waals surface area (Å²) in [4.78, 5) is 8.60. The van der Waals surface area contributed by atoms with Crippen molar-refractivity contribution in [2.75, 3.05) is 6.54 Å². The van der Waals surface area contributed by atoms with E-state index in [1.165, 1.54) is 0 Å². The first-order valence-electron chi connectivity index (χ1n) is 7.18. The molecule has 0 radical (unpaired) electrons. The number of hydrogen-bond donors (Lipinski definition) is 2. The van der Waals surface area contributed by atoms with Crippen LogP contribution < -0.4 is 10.6 Å². The van der Waals surface area contributed by atoms with Crippen molar-refractivity contribution < 1.29 is 4.52 Å². The van der Waals surface area contributed by atoms with Gasteiger partial charge in [-0.15, -0.1) is 0 Å². The van der Waals surface area contributed by atoms with Gasteiger partial charge in [0.1, 0.15) is 6.54 Å². The van der Waals surface area contributed by atoms with E-state index in [9.17, 15) is 0 Å². The fraction of sp³-hybridized carbons (Fsp3) is 0.400. The number of guanidine groups is 1. The SMILES string of the molecule is CCNC(=NCc1noc(C)n1)NC(C)c1cccc(Cl)c1. The zero-order valence-corrected chi connectivity index (χ0v) is 13.7. The molecule has 1 aromatic heterocycles. The van der Waals surface area contributed by atoms with Crippen molar-refractivity contribution >= 4 is 17.6 Å². The molecule has 2 rings (SSSR count). The van der Waals surface area contributed by atoms with E-state index in [-0.39, 0.29) is 6.04 Å². The van der Waals surface area contributed by atoms with Crippen molar-refractivity contribution in [1.29, 1.82) is 0 Å². The second-order valence-corrected chi connectivity index (χ2v) is 5.28. The maximum atomic E-state index is 6.03. The van der Waals surface area contributed by atoms with Crippen molar-refractivity contribution in [2.45, 2.75) is 33.4 Å². The van der Waals surface area contributed by atoms with E-state index >= 15 is 0 Å². The Morgan fingerprint density at radius 2 is 2.27 bits per heavy atom. The molecule has 118 valence electrons. The third-order valence-corrected chi connectivity index (χ3v) is 3.23. The number of aliphatic imine (C=N–C) groups is 1. The van der Waals surface area contributed by atoms with Crippen molar-refractivity contribution in [2.24, 2.45) is 4.99 Å². The minimum absolute atomic E-state index is 0.0727. The molecule has 0 aliphatic heterocycles. The summed E-state index contributed by atoms with van der Waals surface area (Å²) < 4.78 is 4.93. The summed E-state index contributed by atoms with van der Waals surface area (Å²) in [6.45, 7) is 6.94. The van der Waals surface area contributed by atoms with Crippen LogP contribution in [0.25, 0.3) is 0 Å². The molecule has 6 nitrogen and oxygen atoms in total. The second-order valence-electron chi connectivity index (χ2n) is 4.85. The number of aromatic nitrogens is 2. The lowest BCUT2D eigenvalue weighted by molar-refractivity contribution is 0.387. The highest BCUT2D eigenvalue weighted by molar-refractivity contribution is 6.30. The molecule has 2 N–H and O–H groups in total. The lowest BCUT2D eigenvalue weighted by Crippen LogP contribution is -2.38. The number of benzene rings is 1. The highest BCUT2D eigenvalue weighted by Crippen LogP contribution is 2.17. The zero-order valence-electron chi connectivity index (χ0n) is 12.9. The molecule has 1 heterocycles. The van der Waals surface area contributed by atoms with Crippen LogP contribution in [0.5, 0.6) is 0 Å². The monoisotopic (exact) mass is 321 g/mol. The van der Waals surface area contributed by atoms with E-state index in [2.05, 4.69) is 32.7 Å². The van der Waals surface area contributed by atoms with Gasteiger partial charge in [0.2, 0.25) is 5.89 Å². The average Bonchev–Trinajstić information content (AvgIpc) is 2.90. The molecule has 1 unspecified atom stereocenters. The maximum absolute atomic E-state index is 6.03. The predicted molar refractivity (Wildman–Crippen MR) is 86.9 cm³/mol. The van der Waals surface area contributed by atoms with Crippen molar-refractivity contribution in [3.05, 3.63) is 46.6 Å². The molecule has 0 spiro atoms. The first-order valence-corrected chi connectivity index (χ1v) is 7.55. The fourth-order valence-electron chi connectivity index (χ4n) is 1.94. The van der Waals surface area contributed by atoms with Gasteiger partial charge in [0.05, 0.1) is 6.04 Å². The molecule has 0 amide bonds. The van der Waals surface area contributed by atoms with Crippen molar-refractivity contribution in [3.63, 3.8) is 0 Å². The van der Waals surface area contributed by atoms with Crippen LogP contribution in [-0.4, -0.2) is 22.6 Å². The Morgan fingerprint density at radius 1 is 1.45 bits per heavy atom. The van der Waals surface area contributed by atoms with Gasteiger partial charge < -0.3 is 15.2 Å². The van der Waals surface area contributed by atoms with Gasteiger partial charge in [0, 0.05) is 18.5 Å². The van der Waals surface area contributed by atoms with Crippen LogP contribution in [0, 0.1) is 6.92 Å². The summed E-state index contributed by atoms with van der Waals surface area (Å²) >= 11 is 6.03. The van der Waals surface area contributed by atoms with Gasteiger partial charge >= 0.3 is 0 Å². The Morgan fingerprint density at radius 3 is 2.91 bits per heavy atom. The quantitative estimate of drug-likeness (QED) is 0.654. The fourth-order valence-corrected chi connectivity index (χ4v) is 2.14. The number of nitrogens with one attached hydrogen (secondary N) is 2. The van der Waals surface area contributed by atoms with Crippen LogP contribution in [0.2, 0.25) is 5.02 Å². The number of aryl methyl sites for hydroxylation is 1. The lowest BCUT2D eigenvalue weighted by atomic mass is 10.1. The van der Waals surface area contributed by atoms with Crippen molar-refractivity contribution in [3.8, 4) is 0 Å². The van der Waals surface area contributed by atoms with Crippen molar-refractivity contribution in [1.82, 2.24) is 20.8 Å². The van der Waals surface area contributed by atoms with Gasteiger partial charge in [-0.05, 0) is 31.5 Å². The standard InChI is InChI=1S/C15H20ClN5O/c1-4-17-15(18-9-14-20-11(3)22-21-14)19-10(2)12-6-5-7-13(16)8-12/h5-8,10H,4,9H2,1-3H3,(H2,17,18,19). The Hall–Kier alpha value is -2.08. The zero-order chi connectivity index (χ0) is 15.9. The van der Waals surface area contributed by atoms with Crippen LogP contribution in [0.1, 0.15) is 37.2 Å². The molecule has 0 aliphatic rings. The van der Waals surface area contributed by atoms with E-state index < -0.39 is 0 Å². The van der Waals surface area contributed by atoms with Gasteiger partial charge in [-0.2, -0.15) is 4.98 Å². The highest BCUT2D eigenvalue weighted by Gasteiger charge is 2.09. The van der Waals surface area contributed by atoms with E-state index in [0.29, 0.717) is 24.2 Å². The number of rotatable bonds is 5. The van der Waals surface area contributed by atoms with E-state index in [0.717, 1.165) is 17.1 Å². The number of nitrogens with zero attached hydrogens (tertiary/aromatic N) is 3. The highest BCUT2D eigenvalue weighted by atomic mass is 35.5. The Kier molecular flexibility index (Phi) is 5.77. The first-order chi connectivity index (χ1) is 10.6. The Balaban J connectivity index is 2.04. The molecular formula is C15H20ClN5O. The molecule has 7 heteroatoms. The molecular weight excluding hydrogens is 302 g/mol. The van der Waals surface area contributed by atoms with Gasteiger partial charge in [-0.1, -0.05) is 28.9 Å². The molecule has 2 aromatic rings. The van der Waals surface area contributed by atoms with Crippen LogP contribution in [0.15, 0.2) is 33.8 Å². The summed E-state index contributed by atoms with van der Waals surface area (Å²) in [5.41, 5.74) is 1.09. The van der Waals surface area contributed by atoms with Gasteiger partial charge in [-0.3, -0.25) is 0 Å². The Labute approximate surface area is 135 Å². The normalized spacial score (nSPS) is 13.0. The number of hydrogen-bond acceptors (Lipinski definition) is 4. The minimum Gasteiger partial charge on any atom is -0.357 e. The summed E-state index contributed by atoms with van der Waals surface area (Å²) in [5, 5.41) is 11.1. The van der Waals surface area contributed by atoms with Crippen LogP contribution in [0.3, 0.4) is 0 Å². The van der Waals surface area contributed by atoms with Gasteiger partial charge in [-0.25, -0.2) is 4.99 Å². The average molecular weight is 322 g/mol. The topological polar surface area (TPSA) is 75.3 Å². The largest absolute Gasteiger partial charge is 0.357 e. The van der Waals surface area contributed by atoms with Gasteiger partial charge in [0.25, 0.3) is 0 Å². The molecule has 0 aliphatic carbocycles. The van der Waals surface area contributed by atoms with Crippen LogP contribution >= 0.6 is 11.6 Å². The molecule has 22 heavy (non-hydrogen) atoms. The minimum atomic E-state index is 0.0727. The number of halogens is 1. The molecule has 0 bridgehead atoms. The molecule has 0 saturated heterocycles. The molecule has 1 aromatic carbocycles. The van der Waals surface area contributed by atoms with E-state index in [1.807, 2.05) is 31.2 Å². The molecule has 1 atom stereocenters. The second kappa shape index (κ2) is 7.79. The summed E-state index contributed by atoms with van der Waals surface area (Å²) in [7, 11) is 0. The third-order valence-electron chi connectivity index (χ3n) is 2.99. The smallest absolute Gasteiger partial charge is 0.223 e. The van der Waals surface area contributed by atoms with Gasteiger partial charge in [0.15, 0.2) is 11.8 Å². The van der Waals surface area contributed by atoms with E-state index in [1.54, 1.807) is 6.92 Å². The maximum Gasteiger partial charge on any atom is 0.223 e. The summed E-state index contributed by atoms with van der Waals surface area (Å²) in [6, 6.07) is 7.82. The Bertz CT molecular complexity index is 640. The third kappa shape index (κ3) is 4.73. The molecule has 0 fully saturated rings. The molecule has 0 saturated carbocycles. The van der Waals surface area contributed by atoms with Crippen LogP contribution in [0.4, 0.5) is 0 Å². The summed E-state index contributed by atoms with van der Waals surface area (Å²) in [6.07, 6.45) is 0. The first kappa shape index (κ1) is 16.3.